The molecule has 4 rings (SSSR count). The van der Waals surface area contributed by atoms with Gasteiger partial charge in [-0.3, -0.25) is 9.36 Å². The predicted octanol–water partition coefficient (Wildman–Crippen LogP) is 2.18. The highest BCUT2D eigenvalue weighted by Crippen LogP contribution is 2.29. The lowest BCUT2D eigenvalue weighted by atomic mass is 10.2. The van der Waals surface area contributed by atoms with Gasteiger partial charge >= 0.3 is 11.4 Å². The molecule has 11 nitrogen and oxygen atoms in total. The fourth-order valence-electron chi connectivity index (χ4n) is 3.51. The molecule has 1 saturated carbocycles. The maximum Gasteiger partial charge on any atom is 0.353 e. The van der Waals surface area contributed by atoms with Crippen molar-refractivity contribution in [2.75, 3.05) is 12.4 Å². The van der Waals surface area contributed by atoms with Crippen molar-refractivity contribution in [2.24, 2.45) is 22.0 Å². The zero-order chi connectivity index (χ0) is 25.8. The normalized spacial score (nSPS) is 14.4. The fraction of sp³-hybridized carbons (Fsp3) is 0.333. The smallest absolute Gasteiger partial charge is 0.353 e. The molecule has 2 N–H and O–H groups in total. The average molecular weight is 513 g/mol. The summed E-state index contributed by atoms with van der Waals surface area (Å²) in [5, 5.41) is 2.90. The summed E-state index contributed by atoms with van der Waals surface area (Å²) in [5.41, 5.74) is -0.588. The Morgan fingerprint density at radius 1 is 1.08 bits per heavy atom. The van der Waals surface area contributed by atoms with Gasteiger partial charge in [0.1, 0.15) is 5.75 Å². The molecule has 1 aliphatic carbocycles. The molecule has 3 aromatic rings. The monoisotopic (exact) mass is 512 g/mol. The van der Waals surface area contributed by atoms with Crippen LogP contribution in [0.5, 0.6) is 5.75 Å². The second-order valence-corrected chi connectivity index (χ2v) is 9.19. The van der Waals surface area contributed by atoms with E-state index in [2.05, 4.69) is 10.2 Å². The van der Waals surface area contributed by atoms with Crippen molar-refractivity contribution in [3.8, 4) is 5.75 Å². The van der Waals surface area contributed by atoms with Gasteiger partial charge in [-0.05, 0) is 60.7 Å². The summed E-state index contributed by atoms with van der Waals surface area (Å²) in [5.74, 6) is 5.42. The standard InChI is InChI=1S/C24H25ClN6O5/c1-15(21(32)28-35)12-30-23(33)29(13-16-4-6-18(25)7-5-16)22(31(26)24(30)34)27-19-8-10-20(11-9-19)36-14-17-2-3-17/h4-11,15,17H,2-3,12-14,26H2,1H3/t15-/m0/s1. The van der Waals surface area contributed by atoms with Gasteiger partial charge in [0.25, 0.3) is 5.91 Å². The van der Waals surface area contributed by atoms with E-state index in [1.807, 2.05) is 0 Å². The van der Waals surface area contributed by atoms with Gasteiger partial charge in [0.2, 0.25) is 5.62 Å². The first-order valence-corrected chi connectivity index (χ1v) is 11.8. The molecule has 1 aromatic heterocycles. The minimum atomic E-state index is -0.997. The van der Waals surface area contributed by atoms with Crippen molar-refractivity contribution in [1.29, 1.82) is 0 Å². The SMILES string of the molecule is C[C@@H](Cn1c(=O)n(N)c(=Nc2ccc(OCC3CC3)cc2)n(Cc2ccc(Cl)cc2)c1=O)C(=O)N=O. The van der Waals surface area contributed by atoms with E-state index < -0.39 is 23.2 Å². The van der Waals surface area contributed by atoms with Crippen molar-refractivity contribution in [3.05, 3.63) is 90.6 Å². The van der Waals surface area contributed by atoms with Crippen LogP contribution in [0.3, 0.4) is 0 Å². The zero-order valence-electron chi connectivity index (χ0n) is 19.5. The molecule has 36 heavy (non-hydrogen) atoms. The van der Waals surface area contributed by atoms with Crippen LogP contribution in [0, 0.1) is 16.7 Å². The van der Waals surface area contributed by atoms with Crippen LogP contribution in [-0.2, 0) is 17.9 Å². The topological polar surface area (TPSA) is 143 Å². The number of nitrogens with zero attached hydrogens (tertiary/aromatic N) is 5. The quantitative estimate of drug-likeness (QED) is 0.344. The number of nitroso groups, excluding NO2 is 1. The second kappa shape index (κ2) is 10.7. The van der Waals surface area contributed by atoms with E-state index in [1.165, 1.54) is 24.3 Å². The van der Waals surface area contributed by atoms with Crippen LogP contribution in [0.2, 0.25) is 5.02 Å². The molecule has 12 heteroatoms. The highest BCUT2D eigenvalue weighted by atomic mass is 35.5. The fourth-order valence-corrected chi connectivity index (χ4v) is 3.64. The van der Waals surface area contributed by atoms with Crippen LogP contribution in [0.15, 0.2) is 68.3 Å². The van der Waals surface area contributed by atoms with Gasteiger partial charge in [0.15, 0.2) is 0 Å². The number of carbonyl (C=O) groups is 1. The molecule has 1 fully saturated rings. The molecule has 2 aromatic carbocycles. The number of carbonyl (C=O) groups excluding carboxylic acids is 1. The molecule has 0 aliphatic heterocycles. The van der Waals surface area contributed by atoms with E-state index in [0.29, 0.717) is 34.5 Å². The van der Waals surface area contributed by atoms with Gasteiger partial charge in [-0.25, -0.2) is 19.1 Å². The molecule has 0 saturated heterocycles. The van der Waals surface area contributed by atoms with Crippen molar-refractivity contribution in [2.45, 2.75) is 32.9 Å². The Morgan fingerprint density at radius 3 is 2.36 bits per heavy atom. The summed E-state index contributed by atoms with van der Waals surface area (Å²) >= 11 is 5.98. The lowest BCUT2D eigenvalue weighted by molar-refractivity contribution is -0.121. The van der Waals surface area contributed by atoms with E-state index in [9.17, 15) is 19.3 Å². The van der Waals surface area contributed by atoms with Crippen LogP contribution < -0.4 is 27.6 Å². The third-order valence-electron chi connectivity index (χ3n) is 5.83. The van der Waals surface area contributed by atoms with Gasteiger partial charge in [0.05, 0.1) is 24.8 Å². The molecule has 0 unspecified atom stereocenters. The Morgan fingerprint density at radius 2 is 1.75 bits per heavy atom. The van der Waals surface area contributed by atoms with Crippen molar-refractivity contribution >= 4 is 23.2 Å². The van der Waals surface area contributed by atoms with Gasteiger partial charge in [-0.2, -0.15) is 4.68 Å². The number of hydrogen-bond donors (Lipinski definition) is 1. The molecule has 0 spiro atoms. The Hall–Kier alpha value is -3.99. The lowest BCUT2D eigenvalue weighted by Crippen LogP contribution is -2.58. The molecule has 1 aliphatic rings. The molecule has 188 valence electrons. The number of halogens is 1. The van der Waals surface area contributed by atoms with Crippen molar-refractivity contribution in [3.63, 3.8) is 0 Å². The highest BCUT2D eigenvalue weighted by Gasteiger charge is 2.22. The first kappa shape index (κ1) is 25.1. The number of amides is 1. The average Bonchev–Trinajstić information content (AvgIpc) is 3.72. The number of hydrogen-bond acceptors (Lipinski definition) is 7. The maximum absolute atomic E-state index is 13.4. The van der Waals surface area contributed by atoms with Crippen molar-refractivity contribution < 1.29 is 9.53 Å². The number of rotatable bonds is 9. The molecular weight excluding hydrogens is 488 g/mol. The number of nitrogens with two attached hydrogens (primary N) is 1. The van der Waals surface area contributed by atoms with E-state index in [4.69, 9.17) is 22.2 Å². The van der Waals surface area contributed by atoms with E-state index >= 15 is 0 Å². The molecular formula is C24H25ClN6O5. The largest absolute Gasteiger partial charge is 0.493 e. The van der Waals surface area contributed by atoms with Gasteiger partial charge in [0, 0.05) is 16.7 Å². The molecule has 1 amide bonds. The first-order valence-electron chi connectivity index (χ1n) is 11.4. The van der Waals surface area contributed by atoms with E-state index in [1.54, 1.807) is 48.5 Å². The second-order valence-electron chi connectivity index (χ2n) is 8.75. The molecule has 1 heterocycles. The summed E-state index contributed by atoms with van der Waals surface area (Å²) in [4.78, 5) is 53.2. The number of aromatic nitrogens is 3. The zero-order valence-corrected chi connectivity index (χ0v) is 20.3. The summed E-state index contributed by atoms with van der Waals surface area (Å²) in [6.07, 6.45) is 2.36. The third-order valence-corrected chi connectivity index (χ3v) is 6.08. The van der Waals surface area contributed by atoms with Crippen LogP contribution in [0.25, 0.3) is 0 Å². The summed E-state index contributed by atoms with van der Waals surface area (Å²) in [7, 11) is 0. The van der Waals surface area contributed by atoms with E-state index in [-0.39, 0.29) is 18.7 Å². The van der Waals surface area contributed by atoms with Crippen LogP contribution in [0.4, 0.5) is 5.69 Å². The van der Waals surface area contributed by atoms with Crippen LogP contribution in [-0.4, -0.2) is 26.3 Å². The van der Waals surface area contributed by atoms with Crippen molar-refractivity contribution in [1.82, 2.24) is 13.8 Å². The lowest BCUT2D eigenvalue weighted by Gasteiger charge is -2.15. The minimum Gasteiger partial charge on any atom is -0.493 e. The van der Waals surface area contributed by atoms with Crippen LogP contribution >= 0.6 is 11.6 Å². The summed E-state index contributed by atoms with van der Waals surface area (Å²) < 4.78 is 8.48. The molecule has 0 radical (unpaired) electrons. The van der Waals surface area contributed by atoms with Gasteiger partial charge in [-0.1, -0.05) is 30.7 Å². The summed E-state index contributed by atoms with van der Waals surface area (Å²) in [6.45, 7) is 1.71. The Bertz CT molecular complexity index is 1450. The van der Waals surface area contributed by atoms with Gasteiger partial charge in [-0.15, -0.1) is 4.91 Å². The Balaban J connectivity index is 1.79. The maximum atomic E-state index is 13.4. The number of nitrogen functional groups attached to an aromatic ring is 1. The Kier molecular flexibility index (Phi) is 7.49. The Labute approximate surface area is 210 Å². The molecule has 0 bridgehead atoms. The number of benzene rings is 2. The molecule has 1 atom stereocenters. The first-order chi connectivity index (χ1) is 17.3. The predicted molar refractivity (Wildman–Crippen MR) is 134 cm³/mol. The number of ether oxygens (including phenoxy) is 1. The van der Waals surface area contributed by atoms with Gasteiger partial charge < -0.3 is 10.6 Å². The summed E-state index contributed by atoms with van der Waals surface area (Å²) in [6, 6.07) is 13.7. The van der Waals surface area contributed by atoms with E-state index in [0.717, 1.165) is 9.24 Å². The van der Waals surface area contributed by atoms with Crippen LogP contribution in [0.1, 0.15) is 25.3 Å². The minimum absolute atomic E-state index is 0.0170. The third kappa shape index (κ3) is 5.80. The highest BCUT2D eigenvalue weighted by molar-refractivity contribution is 6.30.